The van der Waals surface area contributed by atoms with Gasteiger partial charge in [0.25, 0.3) is 0 Å². The molecule has 2 nitrogen and oxygen atoms in total. The zero-order valence-electron chi connectivity index (χ0n) is 15.6. The van der Waals surface area contributed by atoms with E-state index in [2.05, 4.69) is 6.92 Å². The first kappa shape index (κ1) is 22.5. The Balaban J connectivity index is 2.28. The van der Waals surface area contributed by atoms with Gasteiger partial charge < -0.3 is 4.74 Å². The van der Waals surface area contributed by atoms with E-state index >= 15 is 0 Å². The van der Waals surface area contributed by atoms with Crippen molar-refractivity contribution in [2.24, 2.45) is 0 Å². The maximum absolute atomic E-state index is 13.6. The first-order chi connectivity index (χ1) is 12.4. The molecule has 0 spiro atoms. The third-order valence-electron chi connectivity index (χ3n) is 4.40. The lowest BCUT2D eigenvalue weighted by atomic mass is 10.1. The van der Waals surface area contributed by atoms with Crippen molar-refractivity contribution in [1.82, 2.24) is 0 Å². The van der Waals surface area contributed by atoms with Gasteiger partial charge in [0.1, 0.15) is 0 Å². The second kappa shape index (κ2) is 11.9. The molecular formula is C20H28F4O2. The van der Waals surface area contributed by atoms with E-state index in [1.165, 1.54) is 38.5 Å². The summed E-state index contributed by atoms with van der Waals surface area (Å²) in [5.41, 5.74) is -0.558. The standard InChI is InChI=1S/C20H28F4O2/c1-3-4-5-6-7-8-9-10-11-12-13-15(25)26-20-14(2)16(21)17(22)18(23)19(20)24/h3-13H2,1-2H3. The van der Waals surface area contributed by atoms with Crippen molar-refractivity contribution in [3.63, 3.8) is 0 Å². The van der Waals surface area contributed by atoms with E-state index < -0.39 is 40.6 Å². The fraction of sp³-hybridized carbons (Fsp3) is 0.650. The summed E-state index contributed by atoms with van der Waals surface area (Å²) in [5.74, 6) is -8.77. The van der Waals surface area contributed by atoms with Gasteiger partial charge in [0.2, 0.25) is 11.6 Å². The zero-order chi connectivity index (χ0) is 19.5. The van der Waals surface area contributed by atoms with E-state index in [1.54, 1.807) is 0 Å². The number of unbranched alkanes of at least 4 members (excludes halogenated alkanes) is 9. The normalized spacial score (nSPS) is 11.0. The minimum absolute atomic E-state index is 0.0238. The molecule has 6 heteroatoms. The largest absolute Gasteiger partial charge is 0.423 e. The maximum Gasteiger partial charge on any atom is 0.311 e. The quantitative estimate of drug-likeness (QED) is 0.100. The van der Waals surface area contributed by atoms with Crippen LogP contribution in [0, 0.1) is 30.2 Å². The van der Waals surface area contributed by atoms with Crippen LogP contribution in [0.2, 0.25) is 0 Å². The third-order valence-corrected chi connectivity index (χ3v) is 4.40. The SMILES string of the molecule is CCCCCCCCCCCCC(=O)Oc1c(C)c(F)c(F)c(F)c1F. The molecular weight excluding hydrogens is 348 g/mol. The molecule has 0 bridgehead atoms. The first-order valence-corrected chi connectivity index (χ1v) is 9.43. The molecule has 148 valence electrons. The number of carbonyl (C=O) groups is 1. The van der Waals surface area contributed by atoms with Gasteiger partial charge in [0.05, 0.1) is 0 Å². The summed E-state index contributed by atoms with van der Waals surface area (Å²) in [7, 11) is 0. The molecule has 1 aromatic rings. The minimum atomic E-state index is -1.98. The molecule has 0 aliphatic carbocycles. The predicted molar refractivity (Wildman–Crippen MR) is 93.1 cm³/mol. The molecule has 26 heavy (non-hydrogen) atoms. The van der Waals surface area contributed by atoms with Gasteiger partial charge in [-0.25, -0.2) is 13.2 Å². The average Bonchev–Trinajstić information content (AvgIpc) is 2.63. The molecule has 0 radical (unpaired) electrons. The van der Waals surface area contributed by atoms with E-state index in [4.69, 9.17) is 4.74 Å². The molecule has 0 heterocycles. The van der Waals surface area contributed by atoms with Crippen LogP contribution in [0.15, 0.2) is 0 Å². The Morgan fingerprint density at radius 3 is 1.73 bits per heavy atom. The molecule has 0 amide bonds. The molecule has 0 saturated carbocycles. The Morgan fingerprint density at radius 2 is 1.19 bits per heavy atom. The van der Waals surface area contributed by atoms with Crippen molar-refractivity contribution >= 4 is 5.97 Å². The lowest BCUT2D eigenvalue weighted by Crippen LogP contribution is -2.12. The number of rotatable bonds is 12. The number of carbonyl (C=O) groups excluding carboxylic acids is 1. The van der Waals surface area contributed by atoms with Gasteiger partial charge in [-0.15, -0.1) is 0 Å². The van der Waals surface area contributed by atoms with Gasteiger partial charge >= 0.3 is 5.97 Å². The lowest BCUT2D eigenvalue weighted by molar-refractivity contribution is -0.134. The first-order valence-electron chi connectivity index (χ1n) is 9.43. The Hall–Kier alpha value is -1.59. The highest BCUT2D eigenvalue weighted by molar-refractivity contribution is 5.72. The highest BCUT2D eigenvalue weighted by Gasteiger charge is 2.25. The topological polar surface area (TPSA) is 26.3 Å². The van der Waals surface area contributed by atoms with Crippen LogP contribution in [0.4, 0.5) is 17.6 Å². The van der Waals surface area contributed by atoms with Gasteiger partial charge in [-0.1, -0.05) is 64.7 Å². The Morgan fingerprint density at radius 1 is 0.731 bits per heavy atom. The number of benzene rings is 1. The lowest BCUT2D eigenvalue weighted by Gasteiger charge is -2.10. The summed E-state index contributed by atoms with van der Waals surface area (Å²) in [6.07, 6.45) is 11.0. The smallest absolute Gasteiger partial charge is 0.311 e. The van der Waals surface area contributed by atoms with Gasteiger partial charge in [-0.2, -0.15) is 4.39 Å². The van der Waals surface area contributed by atoms with Crippen molar-refractivity contribution < 1.29 is 27.1 Å². The molecule has 0 fully saturated rings. The summed E-state index contributed by atoms with van der Waals surface area (Å²) in [6.45, 7) is 3.22. The maximum atomic E-state index is 13.6. The molecule has 1 aromatic carbocycles. The van der Waals surface area contributed by atoms with E-state index in [1.807, 2.05) is 0 Å². The van der Waals surface area contributed by atoms with Crippen LogP contribution >= 0.6 is 0 Å². The second-order valence-corrected chi connectivity index (χ2v) is 6.62. The summed E-state index contributed by atoms with van der Waals surface area (Å²) in [6, 6.07) is 0. The van der Waals surface area contributed by atoms with Gasteiger partial charge in [0.15, 0.2) is 17.4 Å². The number of esters is 1. The van der Waals surface area contributed by atoms with Gasteiger partial charge in [-0.05, 0) is 13.3 Å². The van der Waals surface area contributed by atoms with Crippen molar-refractivity contribution in [3.05, 3.63) is 28.8 Å². The monoisotopic (exact) mass is 376 g/mol. The predicted octanol–water partition coefficient (Wildman–Crippen LogP) is 6.77. The molecule has 0 aliphatic rings. The molecule has 0 saturated heterocycles. The molecule has 0 unspecified atom stereocenters. The zero-order valence-corrected chi connectivity index (χ0v) is 15.6. The van der Waals surface area contributed by atoms with Crippen LogP contribution in [0.3, 0.4) is 0 Å². The number of hydrogen-bond donors (Lipinski definition) is 0. The third kappa shape index (κ3) is 6.96. The minimum Gasteiger partial charge on any atom is -0.423 e. The molecule has 0 aromatic heterocycles. The molecule has 0 atom stereocenters. The Labute approximate surface area is 152 Å². The van der Waals surface area contributed by atoms with Crippen molar-refractivity contribution in [2.45, 2.75) is 84.5 Å². The second-order valence-electron chi connectivity index (χ2n) is 6.62. The van der Waals surface area contributed by atoms with Crippen molar-refractivity contribution in [3.8, 4) is 5.75 Å². The average molecular weight is 376 g/mol. The fourth-order valence-corrected chi connectivity index (χ4v) is 2.76. The Bertz CT molecular complexity index is 559. The van der Waals surface area contributed by atoms with Crippen LogP contribution in [0.5, 0.6) is 5.75 Å². The fourth-order valence-electron chi connectivity index (χ4n) is 2.76. The van der Waals surface area contributed by atoms with Crippen LogP contribution < -0.4 is 4.74 Å². The number of hydrogen-bond acceptors (Lipinski definition) is 2. The highest BCUT2D eigenvalue weighted by atomic mass is 19.2. The van der Waals surface area contributed by atoms with Crippen LogP contribution in [0.25, 0.3) is 0 Å². The van der Waals surface area contributed by atoms with Crippen LogP contribution in [-0.4, -0.2) is 5.97 Å². The van der Waals surface area contributed by atoms with E-state index in [-0.39, 0.29) is 6.42 Å². The van der Waals surface area contributed by atoms with Crippen molar-refractivity contribution in [1.29, 1.82) is 0 Å². The van der Waals surface area contributed by atoms with Crippen molar-refractivity contribution in [2.75, 3.05) is 0 Å². The van der Waals surface area contributed by atoms with Crippen LogP contribution in [0.1, 0.15) is 83.1 Å². The van der Waals surface area contributed by atoms with E-state index in [0.29, 0.717) is 6.42 Å². The molecule has 1 rings (SSSR count). The summed E-state index contributed by atoms with van der Waals surface area (Å²) in [5, 5.41) is 0. The molecule has 0 aliphatic heterocycles. The van der Waals surface area contributed by atoms with E-state index in [9.17, 15) is 22.4 Å². The number of ether oxygens (including phenoxy) is 1. The number of halogens is 4. The van der Waals surface area contributed by atoms with Gasteiger partial charge in [0, 0.05) is 12.0 Å². The summed E-state index contributed by atoms with van der Waals surface area (Å²) in [4.78, 5) is 11.7. The van der Waals surface area contributed by atoms with E-state index in [0.717, 1.165) is 26.2 Å². The highest BCUT2D eigenvalue weighted by Crippen LogP contribution is 2.30. The van der Waals surface area contributed by atoms with Gasteiger partial charge in [-0.3, -0.25) is 4.79 Å². The molecule has 0 N–H and O–H groups in total. The Kier molecular flexibility index (Phi) is 10.3. The summed E-state index contributed by atoms with van der Waals surface area (Å²) >= 11 is 0. The summed E-state index contributed by atoms with van der Waals surface area (Å²) < 4.78 is 58.1. The van der Waals surface area contributed by atoms with Crippen LogP contribution in [-0.2, 0) is 4.79 Å².